The summed E-state index contributed by atoms with van der Waals surface area (Å²) >= 11 is 0. The van der Waals surface area contributed by atoms with E-state index < -0.39 is 4.92 Å². The number of aromatic nitrogens is 1. The summed E-state index contributed by atoms with van der Waals surface area (Å²) in [5, 5.41) is 9.88. The second kappa shape index (κ2) is 3.46. The van der Waals surface area contributed by atoms with Crippen LogP contribution in [-0.2, 0) is 0 Å². The van der Waals surface area contributed by atoms with Gasteiger partial charge in [0, 0.05) is 18.5 Å². The Balaban J connectivity index is 2.72. The van der Waals surface area contributed by atoms with E-state index in [-0.39, 0.29) is 0 Å². The first-order chi connectivity index (χ1) is 5.29. The van der Waals surface area contributed by atoms with Crippen molar-refractivity contribution < 1.29 is 4.92 Å². The molecule has 0 aliphatic heterocycles. The molecule has 1 aromatic rings. The van der Waals surface area contributed by atoms with Gasteiger partial charge in [0.25, 0.3) is 0 Å². The molecule has 0 fully saturated rings. The molecule has 1 heterocycles. The minimum atomic E-state index is -0.500. The molecule has 0 bridgehead atoms. The van der Waals surface area contributed by atoms with Gasteiger partial charge in [0.1, 0.15) is 0 Å². The van der Waals surface area contributed by atoms with Crippen LogP contribution in [0.4, 0.5) is 0 Å². The summed E-state index contributed by atoms with van der Waals surface area (Å²) in [6.45, 7) is 0. The Hall–Kier alpha value is -1.71. The summed E-state index contributed by atoms with van der Waals surface area (Å²) in [7, 11) is 0. The van der Waals surface area contributed by atoms with Gasteiger partial charge in [0.2, 0.25) is 6.20 Å². The van der Waals surface area contributed by atoms with Crippen LogP contribution in [0.3, 0.4) is 0 Å². The molecule has 0 aromatic carbocycles. The maximum atomic E-state index is 9.88. The number of nitrogens with zero attached hydrogens (tertiary/aromatic N) is 2. The Kier molecular flexibility index (Phi) is 2.32. The van der Waals surface area contributed by atoms with Crippen molar-refractivity contribution in [2.24, 2.45) is 0 Å². The molecule has 0 aliphatic rings. The van der Waals surface area contributed by atoms with E-state index in [1.165, 1.54) is 6.08 Å². The smallest absolute Gasteiger partial charge is 0.235 e. The Labute approximate surface area is 63.3 Å². The van der Waals surface area contributed by atoms with Crippen LogP contribution in [0.15, 0.2) is 30.7 Å². The Morgan fingerprint density at radius 2 is 2.09 bits per heavy atom. The van der Waals surface area contributed by atoms with Crippen LogP contribution in [0, 0.1) is 10.1 Å². The predicted molar refractivity (Wildman–Crippen MR) is 40.3 cm³/mol. The predicted octanol–water partition coefficient (Wildman–Crippen LogP) is 1.33. The monoisotopic (exact) mass is 150 g/mol. The number of pyridine rings is 1. The Bertz CT molecular complexity index is 269. The molecule has 0 N–H and O–H groups in total. The average molecular weight is 150 g/mol. The second-order valence-electron chi connectivity index (χ2n) is 1.88. The number of rotatable bonds is 2. The highest BCUT2D eigenvalue weighted by atomic mass is 16.6. The summed E-state index contributed by atoms with van der Waals surface area (Å²) in [5.41, 5.74) is 0.775. The van der Waals surface area contributed by atoms with Gasteiger partial charge in [-0.25, -0.2) is 0 Å². The SMILES string of the molecule is O=[N+]([O-])C=Cc1ccncc1. The highest BCUT2D eigenvalue weighted by Gasteiger charge is 1.86. The lowest BCUT2D eigenvalue weighted by molar-refractivity contribution is -0.400. The molecule has 56 valence electrons. The first-order valence-electron chi connectivity index (χ1n) is 3.01. The number of hydrogen-bond donors (Lipinski definition) is 0. The molecule has 0 radical (unpaired) electrons. The summed E-state index contributed by atoms with van der Waals surface area (Å²) < 4.78 is 0. The topological polar surface area (TPSA) is 56.0 Å². The molecule has 11 heavy (non-hydrogen) atoms. The lowest BCUT2D eigenvalue weighted by Gasteiger charge is -1.86. The van der Waals surface area contributed by atoms with Crippen LogP contribution in [0.25, 0.3) is 6.08 Å². The van der Waals surface area contributed by atoms with E-state index in [1.54, 1.807) is 24.5 Å². The lowest BCUT2D eigenvalue weighted by Crippen LogP contribution is -1.82. The van der Waals surface area contributed by atoms with Crippen molar-refractivity contribution in [2.45, 2.75) is 0 Å². The molecule has 4 heteroatoms. The van der Waals surface area contributed by atoms with E-state index >= 15 is 0 Å². The van der Waals surface area contributed by atoms with Crippen LogP contribution in [0.5, 0.6) is 0 Å². The van der Waals surface area contributed by atoms with Gasteiger partial charge in [-0.15, -0.1) is 0 Å². The highest BCUT2D eigenvalue weighted by molar-refractivity contribution is 5.46. The van der Waals surface area contributed by atoms with Crippen molar-refractivity contribution >= 4 is 6.08 Å². The van der Waals surface area contributed by atoms with Gasteiger partial charge in [-0.1, -0.05) is 0 Å². The van der Waals surface area contributed by atoms with Crippen molar-refractivity contribution in [3.05, 3.63) is 46.4 Å². The minimum absolute atomic E-state index is 0.500. The molecular formula is C7H6N2O2. The van der Waals surface area contributed by atoms with Crippen LogP contribution in [0.1, 0.15) is 5.56 Å². The molecule has 0 atom stereocenters. The molecule has 0 aliphatic carbocycles. The molecule has 0 unspecified atom stereocenters. The number of hydrogen-bond acceptors (Lipinski definition) is 3. The summed E-state index contributed by atoms with van der Waals surface area (Å²) in [6, 6.07) is 3.39. The zero-order valence-electron chi connectivity index (χ0n) is 5.68. The van der Waals surface area contributed by atoms with Crippen molar-refractivity contribution in [1.82, 2.24) is 4.98 Å². The Morgan fingerprint density at radius 1 is 1.45 bits per heavy atom. The summed E-state index contributed by atoms with van der Waals surface area (Å²) in [4.78, 5) is 13.1. The van der Waals surface area contributed by atoms with E-state index in [4.69, 9.17) is 0 Å². The van der Waals surface area contributed by atoms with Crippen LogP contribution >= 0.6 is 0 Å². The van der Waals surface area contributed by atoms with Crippen molar-refractivity contribution in [1.29, 1.82) is 0 Å². The normalized spacial score (nSPS) is 10.2. The summed E-state index contributed by atoms with van der Waals surface area (Å²) in [6.07, 6.45) is 5.48. The average Bonchev–Trinajstić information content (AvgIpc) is 2.03. The first-order valence-corrected chi connectivity index (χ1v) is 3.01. The van der Waals surface area contributed by atoms with Gasteiger partial charge < -0.3 is 0 Å². The number of nitro groups is 1. The van der Waals surface area contributed by atoms with E-state index in [9.17, 15) is 10.1 Å². The fourth-order valence-corrected chi connectivity index (χ4v) is 0.621. The maximum Gasteiger partial charge on any atom is 0.235 e. The summed E-state index contributed by atoms with van der Waals surface area (Å²) in [5.74, 6) is 0. The molecule has 1 rings (SSSR count). The van der Waals surface area contributed by atoms with Crippen LogP contribution in [-0.4, -0.2) is 9.91 Å². The lowest BCUT2D eigenvalue weighted by atomic mass is 10.3. The van der Waals surface area contributed by atoms with E-state index in [0.29, 0.717) is 0 Å². The standard InChI is InChI=1S/C7H6N2O2/c10-9(11)6-3-7-1-4-8-5-2-7/h1-6H. The van der Waals surface area contributed by atoms with Gasteiger partial charge in [-0.05, 0) is 17.7 Å². The van der Waals surface area contributed by atoms with Gasteiger partial charge in [-0.2, -0.15) is 0 Å². The third kappa shape index (κ3) is 2.57. The van der Waals surface area contributed by atoms with E-state index in [2.05, 4.69) is 4.98 Å². The molecular weight excluding hydrogens is 144 g/mol. The molecule has 0 spiro atoms. The van der Waals surface area contributed by atoms with Crippen molar-refractivity contribution in [3.63, 3.8) is 0 Å². The van der Waals surface area contributed by atoms with Crippen LogP contribution in [0.2, 0.25) is 0 Å². The molecule has 1 aromatic heterocycles. The Morgan fingerprint density at radius 3 is 2.64 bits per heavy atom. The third-order valence-electron chi connectivity index (χ3n) is 1.09. The van der Waals surface area contributed by atoms with Crippen LogP contribution < -0.4 is 0 Å². The molecule has 0 saturated carbocycles. The second-order valence-corrected chi connectivity index (χ2v) is 1.88. The fraction of sp³-hybridized carbons (Fsp3) is 0. The molecule has 0 amide bonds. The van der Waals surface area contributed by atoms with Gasteiger partial charge in [-0.3, -0.25) is 15.1 Å². The zero-order valence-corrected chi connectivity index (χ0v) is 5.68. The first kappa shape index (κ1) is 7.40. The largest absolute Gasteiger partial charge is 0.265 e. The van der Waals surface area contributed by atoms with Crippen molar-refractivity contribution in [3.8, 4) is 0 Å². The minimum Gasteiger partial charge on any atom is -0.265 e. The molecule has 4 nitrogen and oxygen atoms in total. The highest BCUT2D eigenvalue weighted by Crippen LogP contribution is 1.98. The third-order valence-corrected chi connectivity index (χ3v) is 1.09. The zero-order chi connectivity index (χ0) is 8.10. The fourth-order valence-electron chi connectivity index (χ4n) is 0.621. The van der Waals surface area contributed by atoms with Gasteiger partial charge in [0.15, 0.2) is 0 Å². The van der Waals surface area contributed by atoms with Gasteiger partial charge in [0.05, 0.1) is 4.92 Å². The quantitative estimate of drug-likeness (QED) is 0.472. The maximum absolute atomic E-state index is 9.88. The van der Waals surface area contributed by atoms with E-state index in [0.717, 1.165) is 11.8 Å². The molecule has 0 saturated heterocycles. The van der Waals surface area contributed by atoms with E-state index in [1.807, 2.05) is 0 Å². The van der Waals surface area contributed by atoms with Gasteiger partial charge >= 0.3 is 0 Å². The van der Waals surface area contributed by atoms with Crippen molar-refractivity contribution in [2.75, 3.05) is 0 Å².